The predicted molar refractivity (Wildman–Crippen MR) is 78.1 cm³/mol. The number of H-pyrrole nitrogens is 1. The van der Waals surface area contributed by atoms with Crippen LogP contribution in [0.4, 0.5) is 0 Å². The van der Waals surface area contributed by atoms with E-state index in [1.165, 1.54) is 25.1 Å². The Morgan fingerprint density at radius 3 is 3.30 bits per heavy atom. The van der Waals surface area contributed by atoms with Gasteiger partial charge in [0.2, 0.25) is 0 Å². The van der Waals surface area contributed by atoms with E-state index in [0.717, 1.165) is 48.7 Å². The van der Waals surface area contributed by atoms with Gasteiger partial charge in [-0.05, 0) is 19.4 Å². The molecule has 1 aromatic heterocycles. The van der Waals surface area contributed by atoms with Gasteiger partial charge in [0.1, 0.15) is 16.6 Å². The Hall–Kier alpha value is -0.820. The van der Waals surface area contributed by atoms with Crippen molar-refractivity contribution in [1.82, 2.24) is 20.2 Å². The van der Waals surface area contributed by atoms with E-state index in [1.807, 2.05) is 0 Å². The summed E-state index contributed by atoms with van der Waals surface area (Å²) in [6.45, 7) is 4.80. The Morgan fingerprint density at radius 1 is 1.40 bits per heavy atom. The number of nitrogens with one attached hydrogen (secondary N) is 2. The molecule has 4 rings (SSSR count). The molecule has 3 aliphatic heterocycles. The van der Waals surface area contributed by atoms with Gasteiger partial charge in [0, 0.05) is 43.4 Å². The van der Waals surface area contributed by atoms with Crippen LogP contribution in [0, 0.1) is 4.64 Å². The molecular weight excluding hydrogens is 272 g/mol. The minimum atomic E-state index is 0.0474. The molecule has 3 aliphatic rings. The summed E-state index contributed by atoms with van der Waals surface area (Å²) >= 11 is 5.45. The Labute approximate surface area is 123 Å². The summed E-state index contributed by atoms with van der Waals surface area (Å²) in [5, 5.41) is 3.34. The van der Waals surface area contributed by atoms with Gasteiger partial charge in [0.05, 0.1) is 6.61 Å². The molecule has 2 atom stereocenters. The van der Waals surface area contributed by atoms with Gasteiger partial charge in [-0.3, -0.25) is 4.90 Å². The smallest absolute Gasteiger partial charge is 0.138 e. The predicted octanol–water partition coefficient (Wildman–Crippen LogP) is 1.32. The fraction of sp³-hybridized carbons (Fsp3) is 0.714. The number of morpholine rings is 1. The summed E-state index contributed by atoms with van der Waals surface area (Å²) in [4.78, 5) is 10.6. The highest BCUT2D eigenvalue weighted by Crippen LogP contribution is 2.29. The van der Waals surface area contributed by atoms with E-state index in [0.29, 0.717) is 6.04 Å². The summed E-state index contributed by atoms with van der Waals surface area (Å²) in [6.07, 6.45) is 3.60. The molecule has 0 spiro atoms. The summed E-state index contributed by atoms with van der Waals surface area (Å²) < 4.78 is 6.76. The molecule has 108 valence electrons. The number of hydrogen-bond acceptors (Lipinski definition) is 5. The largest absolute Gasteiger partial charge is 0.367 e. The molecule has 0 radical (unpaired) electrons. The monoisotopic (exact) mass is 292 g/mol. The Bertz CT molecular complexity index is 573. The van der Waals surface area contributed by atoms with Gasteiger partial charge in [-0.1, -0.05) is 12.2 Å². The molecule has 0 bridgehead atoms. The number of hydrogen-bond donors (Lipinski definition) is 2. The molecule has 1 aromatic rings. The van der Waals surface area contributed by atoms with Crippen LogP contribution in [0.5, 0.6) is 0 Å². The second-order valence-electron chi connectivity index (χ2n) is 5.92. The van der Waals surface area contributed by atoms with Gasteiger partial charge >= 0.3 is 0 Å². The Kier molecular flexibility index (Phi) is 3.34. The molecule has 0 aromatic carbocycles. The van der Waals surface area contributed by atoms with Gasteiger partial charge in [0.15, 0.2) is 0 Å². The van der Waals surface area contributed by atoms with E-state index in [1.54, 1.807) is 0 Å². The van der Waals surface area contributed by atoms with Crippen LogP contribution >= 0.6 is 12.2 Å². The van der Waals surface area contributed by atoms with Gasteiger partial charge in [0.25, 0.3) is 0 Å². The Balaban J connectivity index is 1.62. The number of aromatic amines is 1. The van der Waals surface area contributed by atoms with Crippen LogP contribution in [0.1, 0.15) is 36.0 Å². The maximum Gasteiger partial charge on any atom is 0.138 e. The minimum absolute atomic E-state index is 0.0474. The van der Waals surface area contributed by atoms with Crippen molar-refractivity contribution in [2.75, 3.05) is 26.2 Å². The van der Waals surface area contributed by atoms with E-state index < -0.39 is 0 Å². The zero-order valence-electron chi connectivity index (χ0n) is 11.5. The first kappa shape index (κ1) is 12.9. The maximum absolute atomic E-state index is 6.03. The fourth-order valence-electron chi connectivity index (χ4n) is 3.52. The van der Waals surface area contributed by atoms with Crippen LogP contribution in [-0.2, 0) is 17.7 Å². The first-order valence-electron chi connectivity index (χ1n) is 7.49. The second-order valence-corrected chi connectivity index (χ2v) is 6.31. The summed E-state index contributed by atoms with van der Waals surface area (Å²) in [5.74, 6) is 0.918. The zero-order valence-corrected chi connectivity index (χ0v) is 12.3. The standard InChI is InChI=1S/C14H20N4OS/c20-14-10-6-15-4-3-11(10)16-13(17-14)12-7-18-5-1-2-9(18)8-19-12/h9,12,15H,1-8H2,(H,16,17,20). The van der Waals surface area contributed by atoms with Crippen molar-refractivity contribution < 1.29 is 4.74 Å². The van der Waals surface area contributed by atoms with Crippen LogP contribution in [0.15, 0.2) is 0 Å². The van der Waals surface area contributed by atoms with Crippen LogP contribution in [0.3, 0.4) is 0 Å². The molecule has 2 unspecified atom stereocenters. The highest BCUT2D eigenvalue weighted by atomic mass is 32.1. The lowest BCUT2D eigenvalue weighted by Gasteiger charge is -2.35. The molecule has 4 heterocycles. The molecule has 2 fully saturated rings. The highest BCUT2D eigenvalue weighted by Gasteiger charge is 2.34. The zero-order chi connectivity index (χ0) is 13.5. The lowest BCUT2D eigenvalue weighted by molar-refractivity contribution is -0.0542. The van der Waals surface area contributed by atoms with E-state index in [2.05, 4.69) is 20.2 Å². The van der Waals surface area contributed by atoms with Gasteiger partial charge < -0.3 is 15.0 Å². The van der Waals surface area contributed by atoms with Gasteiger partial charge in [-0.25, -0.2) is 4.98 Å². The quantitative estimate of drug-likeness (QED) is 0.765. The second kappa shape index (κ2) is 5.18. The summed E-state index contributed by atoms with van der Waals surface area (Å²) in [6, 6.07) is 0.621. The topological polar surface area (TPSA) is 53.2 Å². The average Bonchev–Trinajstić information content (AvgIpc) is 2.94. The molecular formula is C14H20N4OS. The maximum atomic E-state index is 6.03. The lowest BCUT2D eigenvalue weighted by Crippen LogP contribution is -2.43. The SMILES string of the molecule is S=c1nc(C2CN3CCCC3CO2)[nH]c2c1CNCC2. The van der Waals surface area contributed by atoms with Gasteiger partial charge in [-0.15, -0.1) is 0 Å². The van der Waals surface area contributed by atoms with Crippen molar-refractivity contribution in [3.8, 4) is 0 Å². The molecule has 6 heteroatoms. The van der Waals surface area contributed by atoms with E-state index in [9.17, 15) is 0 Å². The molecule has 20 heavy (non-hydrogen) atoms. The molecule has 0 saturated carbocycles. The minimum Gasteiger partial charge on any atom is -0.367 e. The molecule has 2 saturated heterocycles. The van der Waals surface area contributed by atoms with Gasteiger partial charge in [-0.2, -0.15) is 0 Å². The molecule has 5 nitrogen and oxygen atoms in total. The van der Waals surface area contributed by atoms with Crippen LogP contribution in [0.2, 0.25) is 0 Å². The summed E-state index contributed by atoms with van der Waals surface area (Å²) in [7, 11) is 0. The van der Waals surface area contributed by atoms with Crippen LogP contribution in [0.25, 0.3) is 0 Å². The normalized spacial score (nSPS) is 30.0. The first-order chi connectivity index (χ1) is 9.81. The van der Waals surface area contributed by atoms with E-state index in [-0.39, 0.29) is 6.10 Å². The molecule has 0 aliphatic carbocycles. The third-order valence-electron chi connectivity index (χ3n) is 4.67. The number of rotatable bonds is 1. The molecule has 2 N–H and O–H groups in total. The number of ether oxygens (including phenoxy) is 1. The van der Waals surface area contributed by atoms with Crippen LogP contribution < -0.4 is 5.32 Å². The fourth-order valence-corrected chi connectivity index (χ4v) is 3.82. The van der Waals surface area contributed by atoms with Crippen molar-refractivity contribution in [3.05, 3.63) is 21.7 Å². The van der Waals surface area contributed by atoms with E-state index >= 15 is 0 Å². The highest BCUT2D eigenvalue weighted by molar-refractivity contribution is 7.71. The molecule has 0 amide bonds. The first-order valence-corrected chi connectivity index (χ1v) is 7.90. The van der Waals surface area contributed by atoms with E-state index in [4.69, 9.17) is 17.0 Å². The third-order valence-corrected chi connectivity index (χ3v) is 5.01. The van der Waals surface area contributed by atoms with Crippen LogP contribution in [-0.4, -0.2) is 47.2 Å². The lowest BCUT2D eigenvalue weighted by atomic mass is 10.1. The van der Waals surface area contributed by atoms with Crippen molar-refractivity contribution in [2.24, 2.45) is 0 Å². The number of aromatic nitrogens is 2. The number of nitrogens with zero attached hydrogens (tertiary/aromatic N) is 2. The summed E-state index contributed by atoms with van der Waals surface area (Å²) in [5.41, 5.74) is 2.40. The van der Waals surface area contributed by atoms with Crippen molar-refractivity contribution >= 4 is 12.2 Å². The van der Waals surface area contributed by atoms with Crippen molar-refractivity contribution in [3.63, 3.8) is 0 Å². The third kappa shape index (κ3) is 2.20. The van der Waals surface area contributed by atoms with Crippen molar-refractivity contribution in [1.29, 1.82) is 0 Å². The Morgan fingerprint density at radius 2 is 2.35 bits per heavy atom. The number of fused-ring (bicyclic) bond motifs is 2. The van der Waals surface area contributed by atoms with Crippen molar-refractivity contribution in [2.45, 2.75) is 38.0 Å². The average molecular weight is 292 g/mol.